The molecule has 0 heterocycles. The first-order valence-corrected chi connectivity index (χ1v) is 10.0. The predicted octanol–water partition coefficient (Wildman–Crippen LogP) is 7.13. The molecule has 2 nitrogen and oxygen atoms in total. The normalized spacial score (nSPS) is 13.3. The standard InChI is InChI=1S/C21H40O2/c1-4-6-8-9-10-11-12-13-15-17-20(16-14-7-5-2)18-19(3)21(22)23/h18,20H,4-17H2,1-3H3,(H,22,23). The number of rotatable bonds is 16. The monoisotopic (exact) mass is 324 g/mol. The van der Waals surface area contributed by atoms with Crippen molar-refractivity contribution in [2.75, 3.05) is 0 Å². The summed E-state index contributed by atoms with van der Waals surface area (Å²) in [5.74, 6) is -0.306. The van der Waals surface area contributed by atoms with Gasteiger partial charge in [-0.3, -0.25) is 0 Å². The van der Waals surface area contributed by atoms with Crippen molar-refractivity contribution in [3.63, 3.8) is 0 Å². The molecule has 1 unspecified atom stereocenters. The zero-order valence-electron chi connectivity index (χ0n) is 15.9. The average molecular weight is 325 g/mol. The van der Waals surface area contributed by atoms with E-state index < -0.39 is 5.97 Å². The van der Waals surface area contributed by atoms with Crippen molar-refractivity contribution in [1.82, 2.24) is 0 Å². The third-order valence-corrected chi connectivity index (χ3v) is 4.68. The van der Waals surface area contributed by atoms with Gasteiger partial charge in [0.25, 0.3) is 0 Å². The lowest BCUT2D eigenvalue weighted by Gasteiger charge is -2.13. The Hall–Kier alpha value is -0.790. The van der Waals surface area contributed by atoms with Gasteiger partial charge in [0, 0.05) is 5.57 Å². The summed E-state index contributed by atoms with van der Waals surface area (Å²) in [5.41, 5.74) is 0.516. The Morgan fingerprint density at radius 1 is 0.783 bits per heavy atom. The summed E-state index contributed by atoms with van der Waals surface area (Å²) in [6.45, 7) is 6.21. The van der Waals surface area contributed by atoms with E-state index in [4.69, 9.17) is 5.11 Å². The van der Waals surface area contributed by atoms with Crippen LogP contribution in [0, 0.1) is 5.92 Å². The molecule has 0 aromatic carbocycles. The molecular weight excluding hydrogens is 284 g/mol. The third kappa shape index (κ3) is 14.5. The van der Waals surface area contributed by atoms with Gasteiger partial charge in [0.2, 0.25) is 0 Å². The van der Waals surface area contributed by atoms with Crippen LogP contribution in [-0.2, 0) is 4.79 Å². The van der Waals surface area contributed by atoms with Crippen molar-refractivity contribution in [3.05, 3.63) is 11.6 Å². The van der Waals surface area contributed by atoms with Crippen molar-refractivity contribution in [1.29, 1.82) is 0 Å². The third-order valence-electron chi connectivity index (χ3n) is 4.68. The average Bonchev–Trinajstić information content (AvgIpc) is 2.53. The van der Waals surface area contributed by atoms with Crippen LogP contribution in [0.1, 0.15) is 111 Å². The number of carboxylic acid groups (broad SMARTS) is 1. The van der Waals surface area contributed by atoms with E-state index in [1.807, 2.05) is 6.08 Å². The Morgan fingerprint density at radius 2 is 1.17 bits per heavy atom. The second-order valence-electron chi connectivity index (χ2n) is 7.03. The van der Waals surface area contributed by atoms with Gasteiger partial charge >= 0.3 is 5.97 Å². The van der Waals surface area contributed by atoms with Crippen LogP contribution in [0.4, 0.5) is 0 Å². The highest BCUT2D eigenvalue weighted by atomic mass is 16.4. The Bertz CT molecular complexity index is 307. The van der Waals surface area contributed by atoms with Crippen LogP contribution < -0.4 is 0 Å². The van der Waals surface area contributed by atoms with E-state index in [0.717, 1.165) is 12.8 Å². The highest BCUT2D eigenvalue weighted by Gasteiger charge is 2.09. The largest absolute Gasteiger partial charge is 0.478 e. The lowest BCUT2D eigenvalue weighted by molar-refractivity contribution is -0.132. The van der Waals surface area contributed by atoms with Gasteiger partial charge in [-0.1, -0.05) is 97.0 Å². The molecule has 0 rings (SSSR count). The number of hydrogen-bond acceptors (Lipinski definition) is 1. The molecule has 136 valence electrons. The summed E-state index contributed by atoms with van der Waals surface area (Å²) in [4.78, 5) is 11.0. The molecule has 0 aromatic rings. The number of hydrogen-bond donors (Lipinski definition) is 1. The molecule has 0 amide bonds. The summed E-state index contributed by atoms with van der Waals surface area (Å²) in [5, 5.41) is 9.06. The molecule has 0 saturated heterocycles. The molecule has 0 saturated carbocycles. The fraction of sp³-hybridized carbons (Fsp3) is 0.857. The van der Waals surface area contributed by atoms with Crippen molar-refractivity contribution in [2.24, 2.45) is 5.92 Å². The van der Waals surface area contributed by atoms with Crippen LogP contribution in [0.25, 0.3) is 0 Å². The summed E-state index contributed by atoms with van der Waals surface area (Å²) >= 11 is 0. The topological polar surface area (TPSA) is 37.3 Å². The van der Waals surface area contributed by atoms with E-state index in [1.165, 1.54) is 77.0 Å². The number of aliphatic carboxylic acids is 1. The fourth-order valence-corrected chi connectivity index (χ4v) is 3.11. The van der Waals surface area contributed by atoms with Gasteiger partial charge in [-0.25, -0.2) is 4.79 Å². The van der Waals surface area contributed by atoms with Crippen LogP contribution in [0.2, 0.25) is 0 Å². The molecule has 23 heavy (non-hydrogen) atoms. The van der Waals surface area contributed by atoms with Crippen molar-refractivity contribution < 1.29 is 9.90 Å². The van der Waals surface area contributed by atoms with Crippen LogP contribution >= 0.6 is 0 Å². The van der Waals surface area contributed by atoms with Gasteiger partial charge in [-0.05, 0) is 25.7 Å². The van der Waals surface area contributed by atoms with E-state index >= 15 is 0 Å². The summed E-state index contributed by atoms with van der Waals surface area (Å²) in [6.07, 6.45) is 20.2. The molecule has 0 aliphatic carbocycles. The lowest BCUT2D eigenvalue weighted by atomic mass is 9.92. The molecule has 0 spiro atoms. The SMILES string of the molecule is CCCCCCCCCCCC(C=C(C)C(=O)O)CCCCC. The van der Waals surface area contributed by atoms with Gasteiger partial charge in [0.15, 0.2) is 0 Å². The first kappa shape index (κ1) is 22.2. The van der Waals surface area contributed by atoms with Gasteiger partial charge in [0.05, 0.1) is 0 Å². The van der Waals surface area contributed by atoms with Gasteiger partial charge in [-0.2, -0.15) is 0 Å². The molecule has 1 N–H and O–H groups in total. The Balaban J connectivity index is 3.86. The van der Waals surface area contributed by atoms with E-state index in [2.05, 4.69) is 13.8 Å². The van der Waals surface area contributed by atoms with Gasteiger partial charge in [-0.15, -0.1) is 0 Å². The molecule has 0 aromatic heterocycles. The van der Waals surface area contributed by atoms with Crippen molar-refractivity contribution in [2.45, 2.75) is 111 Å². The second kappa shape index (κ2) is 16.1. The molecule has 0 aliphatic rings. The smallest absolute Gasteiger partial charge is 0.330 e. The minimum Gasteiger partial charge on any atom is -0.478 e. The molecule has 1 atom stereocenters. The highest BCUT2D eigenvalue weighted by Crippen LogP contribution is 2.21. The molecule has 0 fully saturated rings. The number of carboxylic acids is 1. The van der Waals surface area contributed by atoms with E-state index in [9.17, 15) is 4.79 Å². The van der Waals surface area contributed by atoms with Crippen molar-refractivity contribution >= 4 is 5.97 Å². The minimum absolute atomic E-state index is 0.460. The second-order valence-corrected chi connectivity index (χ2v) is 7.03. The quantitative estimate of drug-likeness (QED) is 0.242. The zero-order chi connectivity index (χ0) is 17.3. The van der Waals surface area contributed by atoms with E-state index in [1.54, 1.807) is 6.92 Å². The van der Waals surface area contributed by atoms with Crippen LogP contribution in [0.15, 0.2) is 11.6 Å². The maximum absolute atomic E-state index is 11.0. The molecular formula is C21H40O2. The summed E-state index contributed by atoms with van der Waals surface area (Å²) in [6, 6.07) is 0. The maximum Gasteiger partial charge on any atom is 0.330 e. The van der Waals surface area contributed by atoms with E-state index in [-0.39, 0.29) is 0 Å². The Morgan fingerprint density at radius 3 is 1.65 bits per heavy atom. The Labute approximate surface area is 144 Å². The molecule has 0 bridgehead atoms. The maximum atomic E-state index is 11.0. The number of carbonyl (C=O) groups is 1. The molecule has 0 aliphatic heterocycles. The highest BCUT2D eigenvalue weighted by molar-refractivity contribution is 5.85. The fourth-order valence-electron chi connectivity index (χ4n) is 3.11. The summed E-state index contributed by atoms with van der Waals surface area (Å²) in [7, 11) is 0. The molecule has 0 radical (unpaired) electrons. The predicted molar refractivity (Wildman–Crippen MR) is 101 cm³/mol. The molecule has 2 heteroatoms. The first-order valence-electron chi connectivity index (χ1n) is 10.0. The van der Waals surface area contributed by atoms with Crippen molar-refractivity contribution in [3.8, 4) is 0 Å². The summed E-state index contributed by atoms with van der Waals surface area (Å²) < 4.78 is 0. The van der Waals surface area contributed by atoms with E-state index in [0.29, 0.717) is 11.5 Å². The van der Waals surface area contributed by atoms with Gasteiger partial charge < -0.3 is 5.11 Å². The first-order chi connectivity index (χ1) is 11.1. The number of allylic oxidation sites excluding steroid dienone is 1. The Kier molecular flexibility index (Phi) is 15.5. The van der Waals surface area contributed by atoms with Crippen LogP contribution in [0.3, 0.4) is 0 Å². The number of unbranched alkanes of at least 4 members (excludes halogenated alkanes) is 10. The minimum atomic E-state index is -0.766. The lowest BCUT2D eigenvalue weighted by Crippen LogP contribution is -2.03. The zero-order valence-corrected chi connectivity index (χ0v) is 15.9. The van der Waals surface area contributed by atoms with Crippen LogP contribution in [0.5, 0.6) is 0 Å². The van der Waals surface area contributed by atoms with Gasteiger partial charge in [0.1, 0.15) is 0 Å². The van der Waals surface area contributed by atoms with Crippen LogP contribution in [-0.4, -0.2) is 11.1 Å².